The fraction of sp³-hybridized carbons (Fsp3) is 0.562. The van der Waals surface area contributed by atoms with E-state index in [1.807, 2.05) is 26.0 Å². The van der Waals surface area contributed by atoms with E-state index in [0.717, 1.165) is 37.2 Å². The van der Waals surface area contributed by atoms with E-state index in [1.54, 1.807) is 6.07 Å². The average Bonchev–Trinajstić information content (AvgIpc) is 2.73. The molecule has 0 bridgehead atoms. The second-order valence-corrected chi connectivity index (χ2v) is 6.25. The maximum absolute atomic E-state index is 12.0. The summed E-state index contributed by atoms with van der Waals surface area (Å²) in [5, 5.41) is 12.8. The lowest BCUT2D eigenvalue weighted by atomic mass is 10.1. The van der Waals surface area contributed by atoms with Crippen LogP contribution in [0.2, 0.25) is 0 Å². The lowest BCUT2D eigenvalue weighted by molar-refractivity contribution is -0.116. The standard InChI is InChI=1S/C16H25N3O2/c1-12-5-6-13(17)10-14(12)18-15(20)4-3-8-19-9-7-16(2,21)11-19/h5-6,10,21H,3-4,7-9,11,17H2,1-2H3,(H,18,20). The smallest absolute Gasteiger partial charge is 0.224 e. The fourth-order valence-electron chi connectivity index (χ4n) is 2.68. The molecule has 1 unspecified atom stereocenters. The zero-order valence-corrected chi connectivity index (χ0v) is 12.9. The van der Waals surface area contributed by atoms with Crippen molar-refractivity contribution in [1.82, 2.24) is 4.90 Å². The van der Waals surface area contributed by atoms with Crippen LogP contribution in [-0.2, 0) is 4.79 Å². The third-order valence-electron chi connectivity index (χ3n) is 3.94. The molecular formula is C16H25N3O2. The second kappa shape index (κ2) is 6.45. The minimum Gasteiger partial charge on any atom is -0.399 e. The Morgan fingerprint density at radius 2 is 2.29 bits per heavy atom. The topological polar surface area (TPSA) is 78.6 Å². The number of nitrogens with one attached hydrogen (secondary N) is 1. The van der Waals surface area contributed by atoms with Crippen LogP contribution in [0, 0.1) is 6.92 Å². The lowest BCUT2D eigenvalue weighted by Gasteiger charge is -2.18. The van der Waals surface area contributed by atoms with E-state index >= 15 is 0 Å². The third-order valence-corrected chi connectivity index (χ3v) is 3.94. The molecule has 1 aliphatic rings. The van der Waals surface area contributed by atoms with E-state index in [4.69, 9.17) is 5.73 Å². The molecule has 0 saturated carbocycles. The summed E-state index contributed by atoms with van der Waals surface area (Å²) in [5.41, 5.74) is 7.60. The summed E-state index contributed by atoms with van der Waals surface area (Å²) in [6, 6.07) is 5.51. The third kappa shape index (κ3) is 4.72. The van der Waals surface area contributed by atoms with Crippen molar-refractivity contribution in [3.05, 3.63) is 23.8 Å². The van der Waals surface area contributed by atoms with E-state index in [2.05, 4.69) is 10.2 Å². The summed E-state index contributed by atoms with van der Waals surface area (Å²) in [5.74, 6) is 0.00894. The highest BCUT2D eigenvalue weighted by Gasteiger charge is 2.30. The number of anilines is 2. The number of nitrogens with two attached hydrogens (primary N) is 1. The first kappa shape index (κ1) is 15.8. The largest absolute Gasteiger partial charge is 0.399 e. The molecule has 2 rings (SSSR count). The Balaban J connectivity index is 1.74. The van der Waals surface area contributed by atoms with Crippen molar-refractivity contribution in [3.8, 4) is 0 Å². The Hall–Kier alpha value is -1.59. The van der Waals surface area contributed by atoms with Crippen molar-refractivity contribution < 1.29 is 9.90 Å². The number of nitrogen functional groups attached to an aromatic ring is 1. The molecule has 1 saturated heterocycles. The Kier molecular flexibility index (Phi) is 4.85. The number of hydrogen-bond acceptors (Lipinski definition) is 4. The number of amides is 1. The lowest BCUT2D eigenvalue weighted by Crippen LogP contribution is -2.30. The van der Waals surface area contributed by atoms with Gasteiger partial charge in [-0.2, -0.15) is 0 Å². The number of carbonyl (C=O) groups is 1. The van der Waals surface area contributed by atoms with Gasteiger partial charge in [0.1, 0.15) is 0 Å². The van der Waals surface area contributed by atoms with Crippen LogP contribution in [0.3, 0.4) is 0 Å². The Morgan fingerprint density at radius 1 is 1.52 bits per heavy atom. The molecule has 1 amide bonds. The fourth-order valence-corrected chi connectivity index (χ4v) is 2.68. The van der Waals surface area contributed by atoms with Crippen LogP contribution in [-0.4, -0.2) is 41.1 Å². The van der Waals surface area contributed by atoms with Gasteiger partial charge in [-0.05, 0) is 50.9 Å². The number of hydrogen-bond donors (Lipinski definition) is 3. The van der Waals surface area contributed by atoms with E-state index in [9.17, 15) is 9.90 Å². The van der Waals surface area contributed by atoms with Gasteiger partial charge in [0, 0.05) is 30.9 Å². The van der Waals surface area contributed by atoms with Gasteiger partial charge in [-0.3, -0.25) is 4.79 Å². The van der Waals surface area contributed by atoms with Gasteiger partial charge >= 0.3 is 0 Å². The van der Waals surface area contributed by atoms with Crippen molar-refractivity contribution in [2.75, 3.05) is 30.7 Å². The Labute approximate surface area is 126 Å². The summed E-state index contributed by atoms with van der Waals surface area (Å²) in [6.07, 6.45) is 2.08. The van der Waals surface area contributed by atoms with Crippen molar-refractivity contribution in [2.45, 2.75) is 38.7 Å². The van der Waals surface area contributed by atoms with Crippen LogP contribution in [0.15, 0.2) is 18.2 Å². The maximum atomic E-state index is 12.0. The first-order valence-electron chi connectivity index (χ1n) is 7.46. The number of rotatable bonds is 5. The van der Waals surface area contributed by atoms with Gasteiger partial charge in [-0.15, -0.1) is 0 Å². The highest BCUT2D eigenvalue weighted by atomic mass is 16.3. The molecule has 0 aromatic heterocycles. The Morgan fingerprint density at radius 3 is 2.95 bits per heavy atom. The first-order valence-corrected chi connectivity index (χ1v) is 7.46. The molecule has 4 N–H and O–H groups in total. The maximum Gasteiger partial charge on any atom is 0.224 e. The van der Waals surface area contributed by atoms with Crippen LogP contribution < -0.4 is 11.1 Å². The molecule has 5 heteroatoms. The summed E-state index contributed by atoms with van der Waals surface area (Å²) in [7, 11) is 0. The molecule has 0 spiro atoms. The Bertz CT molecular complexity index is 514. The molecule has 21 heavy (non-hydrogen) atoms. The van der Waals surface area contributed by atoms with E-state index in [0.29, 0.717) is 18.7 Å². The number of likely N-dealkylation sites (tertiary alicyclic amines) is 1. The van der Waals surface area contributed by atoms with Crippen molar-refractivity contribution >= 4 is 17.3 Å². The predicted molar refractivity (Wildman–Crippen MR) is 85.1 cm³/mol. The molecule has 1 heterocycles. The van der Waals surface area contributed by atoms with Crippen molar-refractivity contribution in [2.24, 2.45) is 0 Å². The number of carbonyl (C=O) groups excluding carboxylic acids is 1. The molecule has 1 aliphatic heterocycles. The normalized spacial score (nSPS) is 22.4. The molecule has 5 nitrogen and oxygen atoms in total. The van der Waals surface area contributed by atoms with Crippen LogP contribution in [0.25, 0.3) is 0 Å². The summed E-state index contributed by atoms with van der Waals surface area (Å²) in [6.45, 7) is 6.26. The van der Waals surface area contributed by atoms with Gasteiger partial charge in [0.25, 0.3) is 0 Å². The van der Waals surface area contributed by atoms with E-state index < -0.39 is 5.60 Å². The molecule has 1 aromatic rings. The van der Waals surface area contributed by atoms with Gasteiger partial charge in [0.05, 0.1) is 5.60 Å². The average molecular weight is 291 g/mol. The van der Waals surface area contributed by atoms with Crippen molar-refractivity contribution in [3.63, 3.8) is 0 Å². The summed E-state index contributed by atoms with van der Waals surface area (Å²) >= 11 is 0. The minimum atomic E-state index is -0.569. The quantitative estimate of drug-likeness (QED) is 0.722. The highest BCUT2D eigenvalue weighted by Crippen LogP contribution is 2.21. The monoisotopic (exact) mass is 291 g/mol. The van der Waals surface area contributed by atoms with Gasteiger partial charge in [-0.25, -0.2) is 0 Å². The summed E-state index contributed by atoms with van der Waals surface area (Å²) < 4.78 is 0. The molecule has 0 aliphatic carbocycles. The van der Waals surface area contributed by atoms with Crippen LogP contribution in [0.4, 0.5) is 11.4 Å². The zero-order valence-electron chi connectivity index (χ0n) is 12.9. The van der Waals surface area contributed by atoms with E-state index in [-0.39, 0.29) is 5.91 Å². The number of nitrogens with zero attached hydrogens (tertiary/aromatic N) is 1. The van der Waals surface area contributed by atoms with E-state index in [1.165, 1.54) is 0 Å². The van der Waals surface area contributed by atoms with Gasteiger partial charge in [0.15, 0.2) is 0 Å². The first-order chi connectivity index (χ1) is 9.85. The molecule has 1 atom stereocenters. The van der Waals surface area contributed by atoms with Crippen LogP contribution in [0.1, 0.15) is 31.7 Å². The van der Waals surface area contributed by atoms with Crippen molar-refractivity contribution in [1.29, 1.82) is 0 Å². The molecule has 1 aromatic carbocycles. The van der Waals surface area contributed by atoms with Gasteiger partial charge < -0.3 is 21.1 Å². The molecule has 116 valence electrons. The predicted octanol–water partition coefficient (Wildman–Crippen LogP) is 1.75. The van der Waals surface area contributed by atoms with Crippen LogP contribution in [0.5, 0.6) is 0 Å². The zero-order chi connectivity index (χ0) is 15.5. The molecule has 0 radical (unpaired) electrons. The minimum absolute atomic E-state index is 0.00894. The SMILES string of the molecule is Cc1ccc(N)cc1NC(=O)CCCN1CCC(C)(O)C1. The van der Waals surface area contributed by atoms with Crippen LogP contribution >= 0.6 is 0 Å². The molecule has 1 fully saturated rings. The second-order valence-electron chi connectivity index (χ2n) is 6.25. The number of benzene rings is 1. The number of aryl methyl sites for hydroxylation is 1. The van der Waals surface area contributed by atoms with Gasteiger partial charge in [-0.1, -0.05) is 6.07 Å². The number of β-amino-alcohol motifs (C(OH)–C–C–N with tert-alkyl or cyclic N) is 1. The van der Waals surface area contributed by atoms with Gasteiger partial charge in [0.2, 0.25) is 5.91 Å². The summed E-state index contributed by atoms with van der Waals surface area (Å²) in [4.78, 5) is 14.2. The highest BCUT2D eigenvalue weighted by molar-refractivity contribution is 5.91. The molecular weight excluding hydrogens is 266 g/mol. The number of aliphatic hydroxyl groups is 1.